The summed E-state index contributed by atoms with van der Waals surface area (Å²) in [6.45, 7) is 3.59. The maximum atomic E-state index is 12.8. The minimum atomic E-state index is -1.50. The number of para-hydroxylation sites is 1. The second-order valence-electron chi connectivity index (χ2n) is 7.46. The molecule has 2 fully saturated rings. The van der Waals surface area contributed by atoms with Crippen LogP contribution in [-0.4, -0.2) is 57.1 Å². The van der Waals surface area contributed by atoms with Crippen LogP contribution in [0.3, 0.4) is 0 Å². The van der Waals surface area contributed by atoms with Gasteiger partial charge in [0.2, 0.25) is 5.37 Å². The summed E-state index contributed by atoms with van der Waals surface area (Å²) in [5.74, 6) is -1.09. The van der Waals surface area contributed by atoms with Crippen LogP contribution >= 0.6 is 0 Å². The molecule has 9 heteroatoms. The Morgan fingerprint density at radius 1 is 1.12 bits per heavy atom. The second-order valence-corrected chi connectivity index (χ2v) is 9.00. The highest BCUT2D eigenvalue weighted by molar-refractivity contribution is 7.92. The monoisotopic (exact) mass is 454 g/mol. The van der Waals surface area contributed by atoms with Gasteiger partial charge in [0.05, 0.1) is 0 Å². The van der Waals surface area contributed by atoms with Crippen molar-refractivity contribution in [3.05, 3.63) is 78.4 Å². The lowest BCUT2D eigenvalue weighted by molar-refractivity contribution is -0.164. The number of nitrogens with one attached hydrogen (secondary N) is 1. The number of fused-ring (bicyclic) bond motifs is 1. The first-order chi connectivity index (χ1) is 15.5. The fraction of sp³-hybridized carbons (Fsp3) is 0.261. The van der Waals surface area contributed by atoms with Crippen LogP contribution in [0.2, 0.25) is 0 Å². The largest absolute Gasteiger partial charge is 0.614 e. The van der Waals surface area contributed by atoms with Crippen molar-refractivity contribution >= 4 is 29.0 Å². The van der Waals surface area contributed by atoms with E-state index in [1.807, 2.05) is 36.4 Å². The smallest absolute Gasteiger partial charge is 0.333 e. The molecule has 3 unspecified atom stereocenters. The highest BCUT2D eigenvalue weighted by Gasteiger charge is 2.63. The van der Waals surface area contributed by atoms with Gasteiger partial charge >= 0.3 is 5.97 Å². The maximum absolute atomic E-state index is 12.8. The molecule has 8 nitrogen and oxygen atoms in total. The van der Waals surface area contributed by atoms with Gasteiger partial charge in [-0.25, -0.2) is 4.79 Å². The molecular weight excluding hydrogens is 432 g/mol. The van der Waals surface area contributed by atoms with Gasteiger partial charge in [0.1, 0.15) is 18.1 Å². The van der Waals surface area contributed by atoms with Crippen LogP contribution in [0.4, 0.5) is 0 Å². The molecule has 0 spiro atoms. The minimum absolute atomic E-state index is 0.0481. The molecule has 2 aliphatic heterocycles. The normalized spacial score (nSPS) is 24.2. The Morgan fingerprint density at radius 2 is 1.78 bits per heavy atom. The molecule has 166 valence electrons. The van der Waals surface area contributed by atoms with E-state index in [1.165, 1.54) is 4.90 Å². The molecule has 1 N–H and O–H groups in total. The molecule has 2 aromatic rings. The van der Waals surface area contributed by atoms with Crippen LogP contribution in [0.25, 0.3) is 0 Å². The van der Waals surface area contributed by atoms with E-state index < -0.39 is 46.4 Å². The maximum Gasteiger partial charge on any atom is 0.333 e. The van der Waals surface area contributed by atoms with Crippen molar-refractivity contribution in [1.29, 1.82) is 0 Å². The Hall–Kier alpha value is -3.30. The van der Waals surface area contributed by atoms with Gasteiger partial charge in [-0.1, -0.05) is 55.1 Å². The Kier molecular flexibility index (Phi) is 6.48. The van der Waals surface area contributed by atoms with E-state index in [0.29, 0.717) is 11.3 Å². The number of hydrogen-bond donors (Lipinski definition) is 1. The molecule has 2 aliphatic rings. The van der Waals surface area contributed by atoms with E-state index in [0.717, 1.165) is 5.56 Å². The van der Waals surface area contributed by atoms with Gasteiger partial charge in [-0.2, -0.15) is 0 Å². The highest BCUT2D eigenvalue weighted by atomic mass is 32.2. The first-order valence-electron chi connectivity index (χ1n) is 10.0. The predicted molar refractivity (Wildman–Crippen MR) is 117 cm³/mol. The standard InChI is InChI=1S/C23H22N2O6S/c1-15-14-32(29)22-19(24-18(26)13-30-17-10-6-3-7-11-17)21(27)25(22)20(15)23(28)31-12-16-8-4-2-5-9-16/h2-11,19-20,22H,1,12-14H2,(H,24,26)/t19?,20?,22-,32?/m0/s1. The lowest BCUT2D eigenvalue weighted by Crippen LogP contribution is -2.78. The van der Waals surface area contributed by atoms with Crippen LogP contribution in [0, 0.1) is 0 Å². The quantitative estimate of drug-likeness (QED) is 0.291. The Balaban J connectivity index is 1.37. The summed E-state index contributed by atoms with van der Waals surface area (Å²) in [6.07, 6.45) is 0. The number of ether oxygens (including phenoxy) is 2. The number of carbonyl (C=O) groups is 3. The number of rotatable bonds is 7. The summed E-state index contributed by atoms with van der Waals surface area (Å²) in [7, 11) is 0. The van der Waals surface area contributed by atoms with Gasteiger partial charge in [0, 0.05) is 5.57 Å². The van der Waals surface area contributed by atoms with Crippen molar-refractivity contribution in [2.24, 2.45) is 0 Å². The Bertz CT molecular complexity index is 1020. The third-order valence-electron chi connectivity index (χ3n) is 5.22. The summed E-state index contributed by atoms with van der Waals surface area (Å²) < 4.78 is 23.4. The summed E-state index contributed by atoms with van der Waals surface area (Å²) in [6, 6.07) is 15.9. The van der Waals surface area contributed by atoms with E-state index in [9.17, 15) is 18.9 Å². The van der Waals surface area contributed by atoms with Gasteiger partial charge in [0.15, 0.2) is 18.7 Å². The third-order valence-corrected chi connectivity index (χ3v) is 6.91. The van der Waals surface area contributed by atoms with Gasteiger partial charge in [-0.15, -0.1) is 0 Å². The van der Waals surface area contributed by atoms with Crippen LogP contribution in [0.15, 0.2) is 72.8 Å². The zero-order chi connectivity index (χ0) is 22.7. The SMILES string of the molecule is C=C1C[S+]([O-])[C@H]2C(NC(=O)COc3ccccc3)C(=O)N2C1C(=O)OCc1ccccc1. The number of hydrogen-bond acceptors (Lipinski definition) is 6. The molecule has 2 aromatic carbocycles. The molecule has 32 heavy (non-hydrogen) atoms. The zero-order valence-corrected chi connectivity index (χ0v) is 18.0. The van der Waals surface area contributed by atoms with Crippen LogP contribution < -0.4 is 10.1 Å². The summed E-state index contributed by atoms with van der Waals surface area (Å²) >= 11 is -1.50. The number of carbonyl (C=O) groups excluding carboxylic acids is 3. The van der Waals surface area contributed by atoms with E-state index in [-0.39, 0.29) is 19.0 Å². The van der Waals surface area contributed by atoms with E-state index in [2.05, 4.69) is 11.9 Å². The van der Waals surface area contributed by atoms with Gasteiger partial charge < -0.3 is 19.3 Å². The first kappa shape index (κ1) is 21.9. The zero-order valence-electron chi connectivity index (χ0n) is 17.1. The van der Waals surface area contributed by atoms with Gasteiger partial charge in [-0.05, 0) is 28.9 Å². The molecule has 4 rings (SSSR count). The minimum Gasteiger partial charge on any atom is -0.614 e. The van der Waals surface area contributed by atoms with Crippen molar-refractivity contribution in [1.82, 2.24) is 10.2 Å². The average Bonchev–Trinajstić information content (AvgIpc) is 2.81. The van der Waals surface area contributed by atoms with E-state index in [4.69, 9.17) is 9.47 Å². The number of nitrogens with zero attached hydrogens (tertiary/aromatic N) is 1. The topological polar surface area (TPSA) is 108 Å². The van der Waals surface area contributed by atoms with Gasteiger partial charge in [-0.3, -0.25) is 14.5 Å². The van der Waals surface area contributed by atoms with Crippen molar-refractivity contribution in [3.63, 3.8) is 0 Å². The molecule has 0 saturated carbocycles. The number of β-lactam (4-membered cyclic amide) rings is 1. The highest BCUT2D eigenvalue weighted by Crippen LogP contribution is 2.36. The fourth-order valence-corrected chi connectivity index (χ4v) is 5.35. The third kappa shape index (κ3) is 4.49. The molecule has 2 amide bonds. The number of esters is 1. The van der Waals surface area contributed by atoms with Gasteiger partial charge in [0.25, 0.3) is 11.8 Å². The van der Waals surface area contributed by atoms with E-state index in [1.54, 1.807) is 24.3 Å². The molecule has 4 atom stereocenters. The summed E-state index contributed by atoms with van der Waals surface area (Å²) in [5, 5.41) is 1.75. The van der Waals surface area contributed by atoms with E-state index >= 15 is 0 Å². The van der Waals surface area contributed by atoms with Crippen LogP contribution in [0.1, 0.15) is 5.56 Å². The second kappa shape index (κ2) is 9.46. The molecule has 0 aliphatic carbocycles. The number of amides is 2. The lowest BCUT2D eigenvalue weighted by atomic mass is 9.98. The number of benzene rings is 2. The summed E-state index contributed by atoms with van der Waals surface area (Å²) in [4.78, 5) is 39.0. The predicted octanol–water partition coefficient (Wildman–Crippen LogP) is 1.15. The van der Waals surface area contributed by atoms with Crippen molar-refractivity contribution in [2.45, 2.75) is 24.1 Å². The van der Waals surface area contributed by atoms with Crippen molar-refractivity contribution < 1.29 is 28.4 Å². The molecule has 0 bridgehead atoms. The molecule has 2 heterocycles. The molecule has 0 aromatic heterocycles. The molecule has 2 saturated heterocycles. The summed E-state index contributed by atoms with van der Waals surface area (Å²) in [5.41, 5.74) is 1.16. The molecular formula is C23H22N2O6S. The lowest BCUT2D eigenvalue weighted by Gasteiger charge is -2.52. The Labute approximate surface area is 188 Å². The Morgan fingerprint density at radius 3 is 2.47 bits per heavy atom. The van der Waals surface area contributed by atoms with Crippen molar-refractivity contribution in [2.75, 3.05) is 12.4 Å². The van der Waals surface area contributed by atoms with Crippen molar-refractivity contribution in [3.8, 4) is 5.75 Å². The van der Waals surface area contributed by atoms with Crippen LogP contribution in [0.5, 0.6) is 5.75 Å². The first-order valence-corrected chi connectivity index (χ1v) is 11.4. The van der Waals surface area contributed by atoms with Crippen LogP contribution in [-0.2, 0) is 36.9 Å². The average molecular weight is 455 g/mol. The molecule has 0 radical (unpaired) electrons. The fourth-order valence-electron chi connectivity index (χ4n) is 3.68.